The van der Waals surface area contributed by atoms with Gasteiger partial charge >= 0.3 is 0 Å². The minimum Gasteiger partial charge on any atom is -0.354 e. The standard InChI is InChI=1S/C20H24N2O2.ClH/c1-20(2,21)14-22-19(24)13-12-18(23)17-10-8-16(9-11-17)15-6-4-3-5-7-15;/h3-11H,12-14,21H2,1-2H3,(H,22,24);1H. The van der Waals surface area contributed by atoms with Crippen LogP contribution in [0.1, 0.15) is 37.0 Å². The van der Waals surface area contributed by atoms with Gasteiger partial charge in [-0.1, -0.05) is 54.6 Å². The molecule has 1 amide bonds. The summed E-state index contributed by atoms with van der Waals surface area (Å²) in [5, 5.41) is 2.74. The summed E-state index contributed by atoms with van der Waals surface area (Å²) >= 11 is 0. The van der Waals surface area contributed by atoms with E-state index in [9.17, 15) is 9.59 Å². The van der Waals surface area contributed by atoms with Crippen LogP contribution in [-0.4, -0.2) is 23.8 Å². The third-order valence-corrected chi connectivity index (χ3v) is 3.63. The summed E-state index contributed by atoms with van der Waals surface area (Å²) < 4.78 is 0. The normalized spacial score (nSPS) is 10.7. The molecular formula is C20H25ClN2O2. The van der Waals surface area contributed by atoms with E-state index in [1.807, 2.05) is 68.4 Å². The summed E-state index contributed by atoms with van der Waals surface area (Å²) in [4.78, 5) is 23.9. The van der Waals surface area contributed by atoms with Crippen molar-refractivity contribution >= 4 is 24.1 Å². The fourth-order valence-corrected chi connectivity index (χ4v) is 2.27. The van der Waals surface area contributed by atoms with Gasteiger partial charge in [0.15, 0.2) is 5.78 Å². The van der Waals surface area contributed by atoms with Gasteiger partial charge in [0.2, 0.25) is 5.91 Å². The largest absolute Gasteiger partial charge is 0.354 e. The Morgan fingerprint density at radius 1 is 0.920 bits per heavy atom. The maximum atomic E-state index is 12.2. The average molecular weight is 361 g/mol. The lowest BCUT2D eigenvalue weighted by Gasteiger charge is -2.18. The van der Waals surface area contributed by atoms with E-state index < -0.39 is 5.54 Å². The van der Waals surface area contributed by atoms with Crippen LogP contribution in [0.4, 0.5) is 0 Å². The minimum atomic E-state index is -0.451. The molecule has 0 aliphatic rings. The number of amides is 1. The van der Waals surface area contributed by atoms with Crippen LogP contribution in [0.15, 0.2) is 54.6 Å². The second-order valence-corrected chi connectivity index (χ2v) is 6.63. The predicted molar refractivity (Wildman–Crippen MR) is 104 cm³/mol. The monoisotopic (exact) mass is 360 g/mol. The van der Waals surface area contributed by atoms with Gasteiger partial charge in [-0.25, -0.2) is 0 Å². The summed E-state index contributed by atoms with van der Waals surface area (Å²) in [7, 11) is 0. The molecule has 0 heterocycles. The maximum absolute atomic E-state index is 12.2. The van der Waals surface area contributed by atoms with Gasteiger partial charge in [0.1, 0.15) is 0 Å². The molecule has 0 saturated carbocycles. The van der Waals surface area contributed by atoms with Gasteiger partial charge in [-0.2, -0.15) is 0 Å². The first-order chi connectivity index (χ1) is 11.3. The van der Waals surface area contributed by atoms with Gasteiger partial charge in [0.25, 0.3) is 0 Å². The zero-order chi connectivity index (χ0) is 17.6. The molecular weight excluding hydrogens is 336 g/mol. The SMILES string of the molecule is CC(C)(N)CNC(=O)CCC(=O)c1ccc(-c2ccccc2)cc1.Cl. The Labute approximate surface area is 155 Å². The lowest BCUT2D eigenvalue weighted by Crippen LogP contribution is -2.45. The van der Waals surface area contributed by atoms with Crippen LogP contribution in [0, 0.1) is 0 Å². The quantitative estimate of drug-likeness (QED) is 0.741. The van der Waals surface area contributed by atoms with Crippen LogP contribution in [0.2, 0.25) is 0 Å². The number of Topliss-reactive ketones (excluding diaryl/α,β-unsaturated/α-hetero) is 1. The van der Waals surface area contributed by atoms with E-state index in [4.69, 9.17) is 5.73 Å². The van der Waals surface area contributed by atoms with Crippen molar-refractivity contribution in [1.82, 2.24) is 5.32 Å². The van der Waals surface area contributed by atoms with Crippen molar-refractivity contribution in [2.45, 2.75) is 32.2 Å². The number of nitrogens with one attached hydrogen (secondary N) is 1. The molecule has 0 bridgehead atoms. The zero-order valence-corrected chi connectivity index (χ0v) is 15.4. The van der Waals surface area contributed by atoms with Crippen molar-refractivity contribution in [3.8, 4) is 11.1 Å². The highest BCUT2D eigenvalue weighted by molar-refractivity contribution is 5.98. The van der Waals surface area contributed by atoms with Gasteiger partial charge in [0, 0.05) is 30.5 Å². The average Bonchev–Trinajstić information content (AvgIpc) is 2.58. The molecule has 134 valence electrons. The van der Waals surface area contributed by atoms with Crippen molar-refractivity contribution in [2.24, 2.45) is 5.73 Å². The van der Waals surface area contributed by atoms with Crippen LogP contribution < -0.4 is 11.1 Å². The molecule has 0 spiro atoms. The predicted octanol–water partition coefficient (Wildman–Crippen LogP) is 3.59. The van der Waals surface area contributed by atoms with Crippen molar-refractivity contribution in [1.29, 1.82) is 0 Å². The molecule has 2 aromatic rings. The molecule has 3 N–H and O–H groups in total. The van der Waals surface area contributed by atoms with Crippen LogP contribution in [-0.2, 0) is 4.79 Å². The molecule has 0 unspecified atom stereocenters. The Balaban J connectivity index is 0.00000312. The number of nitrogens with two attached hydrogens (primary N) is 1. The number of hydrogen-bond acceptors (Lipinski definition) is 3. The molecule has 0 aliphatic carbocycles. The summed E-state index contributed by atoms with van der Waals surface area (Å²) in [5.74, 6) is -0.181. The molecule has 0 saturated heterocycles. The second kappa shape index (κ2) is 9.35. The van der Waals surface area contributed by atoms with Gasteiger partial charge in [-0.3, -0.25) is 9.59 Å². The minimum absolute atomic E-state index is 0. The number of benzene rings is 2. The lowest BCUT2D eigenvalue weighted by atomic mass is 10.0. The molecule has 0 fully saturated rings. The molecule has 0 aliphatic heterocycles. The number of ketones is 1. The molecule has 25 heavy (non-hydrogen) atoms. The lowest BCUT2D eigenvalue weighted by molar-refractivity contribution is -0.121. The third-order valence-electron chi connectivity index (χ3n) is 3.63. The number of hydrogen-bond donors (Lipinski definition) is 2. The summed E-state index contributed by atoms with van der Waals surface area (Å²) in [6.45, 7) is 4.07. The van der Waals surface area contributed by atoms with E-state index >= 15 is 0 Å². The third kappa shape index (κ3) is 7.08. The highest BCUT2D eigenvalue weighted by Crippen LogP contribution is 2.19. The van der Waals surface area contributed by atoms with E-state index in [1.54, 1.807) is 0 Å². The molecule has 2 aromatic carbocycles. The van der Waals surface area contributed by atoms with Crippen LogP contribution in [0.3, 0.4) is 0 Å². The molecule has 4 nitrogen and oxygen atoms in total. The molecule has 2 rings (SSSR count). The molecule has 5 heteroatoms. The van der Waals surface area contributed by atoms with Gasteiger partial charge in [-0.05, 0) is 25.0 Å². The zero-order valence-electron chi connectivity index (χ0n) is 14.6. The van der Waals surface area contributed by atoms with E-state index in [0.29, 0.717) is 12.1 Å². The van der Waals surface area contributed by atoms with Crippen LogP contribution in [0.25, 0.3) is 11.1 Å². The van der Waals surface area contributed by atoms with Gasteiger partial charge in [-0.15, -0.1) is 12.4 Å². The Morgan fingerprint density at radius 2 is 1.48 bits per heavy atom. The van der Waals surface area contributed by atoms with E-state index in [0.717, 1.165) is 11.1 Å². The Hall–Kier alpha value is -2.17. The van der Waals surface area contributed by atoms with Gasteiger partial charge in [0.05, 0.1) is 0 Å². The summed E-state index contributed by atoms with van der Waals surface area (Å²) in [6.07, 6.45) is 0.372. The van der Waals surface area contributed by atoms with E-state index in [1.165, 1.54) is 0 Å². The first-order valence-electron chi connectivity index (χ1n) is 8.09. The number of carbonyl (C=O) groups is 2. The van der Waals surface area contributed by atoms with Crippen molar-refractivity contribution in [3.05, 3.63) is 60.2 Å². The van der Waals surface area contributed by atoms with Crippen LogP contribution in [0.5, 0.6) is 0 Å². The Kier molecular flexibility index (Phi) is 7.81. The van der Waals surface area contributed by atoms with Gasteiger partial charge < -0.3 is 11.1 Å². The van der Waals surface area contributed by atoms with Crippen molar-refractivity contribution in [3.63, 3.8) is 0 Å². The highest BCUT2D eigenvalue weighted by Gasteiger charge is 2.14. The fourth-order valence-electron chi connectivity index (χ4n) is 2.27. The number of carbonyl (C=O) groups excluding carboxylic acids is 2. The molecule has 0 aromatic heterocycles. The first kappa shape index (κ1) is 20.9. The maximum Gasteiger partial charge on any atom is 0.220 e. The summed E-state index contributed by atoms with van der Waals surface area (Å²) in [5.41, 5.74) is 8.16. The van der Waals surface area contributed by atoms with Crippen molar-refractivity contribution < 1.29 is 9.59 Å². The van der Waals surface area contributed by atoms with E-state index in [2.05, 4.69) is 5.32 Å². The topological polar surface area (TPSA) is 72.2 Å². The Morgan fingerprint density at radius 3 is 2.04 bits per heavy atom. The van der Waals surface area contributed by atoms with Crippen LogP contribution >= 0.6 is 12.4 Å². The smallest absolute Gasteiger partial charge is 0.220 e. The number of halogens is 1. The van der Waals surface area contributed by atoms with E-state index in [-0.39, 0.29) is 36.9 Å². The second-order valence-electron chi connectivity index (χ2n) is 6.63. The summed E-state index contributed by atoms with van der Waals surface area (Å²) in [6, 6.07) is 17.5. The molecule has 0 radical (unpaired) electrons. The number of rotatable bonds is 7. The Bertz CT molecular complexity index is 692. The van der Waals surface area contributed by atoms with Crippen molar-refractivity contribution in [2.75, 3.05) is 6.54 Å². The first-order valence-corrected chi connectivity index (χ1v) is 8.09. The fraction of sp³-hybridized carbons (Fsp3) is 0.300. The highest BCUT2D eigenvalue weighted by atomic mass is 35.5. The molecule has 0 atom stereocenters.